The Kier molecular flexibility index (Phi) is 17.7. The number of alkyl halides is 4. The fraction of sp³-hybridized carbons (Fsp3) is 0.833. The molecule has 0 rings (SSSR count). The van der Waals surface area contributed by atoms with Crippen LogP contribution in [0.5, 0.6) is 0 Å². The fourth-order valence-electron chi connectivity index (χ4n) is 1.42. The minimum Gasteiger partial charge on any atom is -0.424 e. The minimum absolute atomic E-state index is 0.259. The van der Waals surface area contributed by atoms with Crippen molar-refractivity contribution in [3.05, 3.63) is 12.2 Å². The van der Waals surface area contributed by atoms with Crippen LogP contribution >= 0.6 is 46.4 Å². The van der Waals surface area contributed by atoms with E-state index < -0.39 is 19.5 Å². The van der Waals surface area contributed by atoms with Crippen molar-refractivity contribution in [1.29, 1.82) is 0 Å². The molecule has 0 aromatic carbocycles. The van der Waals surface area contributed by atoms with E-state index >= 15 is 0 Å². The predicted molar refractivity (Wildman–Crippen MR) is 97.2 cm³/mol. The topological polar surface area (TPSA) is 18.5 Å². The van der Waals surface area contributed by atoms with Gasteiger partial charge in [0.15, 0.2) is 19.5 Å². The highest BCUT2D eigenvalue weighted by Gasteiger charge is 1.98. The summed E-state index contributed by atoms with van der Waals surface area (Å²) < 4.78 is 11.2. The molecule has 0 amide bonds. The molecule has 20 heavy (non-hydrogen) atoms. The molecule has 0 saturated carbocycles. The molecular formula is C12H24Cl4O2Si2. The Morgan fingerprint density at radius 3 is 1.50 bits per heavy atom. The van der Waals surface area contributed by atoms with E-state index in [0.717, 1.165) is 51.0 Å². The van der Waals surface area contributed by atoms with Gasteiger partial charge in [-0.15, -0.1) is 46.4 Å². The molecule has 0 N–H and O–H groups in total. The molecule has 0 radical (unpaired) electrons. The molecule has 0 bridgehead atoms. The molecule has 0 atom stereocenters. The van der Waals surface area contributed by atoms with Gasteiger partial charge < -0.3 is 8.85 Å². The van der Waals surface area contributed by atoms with Crippen LogP contribution in [0.4, 0.5) is 0 Å². The van der Waals surface area contributed by atoms with Crippen molar-refractivity contribution in [3.63, 3.8) is 0 Å². The van der Waals surface area contributed by atoms with Gasteiger partial charge in [-0.25, -0.2) is 0 Å². The molecule has 0 aliphatic heterocycles. The maximum absolute atomic E-state index is 5.62. The minimum atomic E-state index is -0.418. The van der Waals surface area contributed by atoms with Gasteiger partial charge in [-0.1, -0.05) is 12.2 Å². The molecule has 2 nitrogen and oxygen atoms in total. The van der Waals surface area contributed by atoms with Crippen molar-refractivity contribution in [2.24, 2.45) is 0 Å². The highest BCUT2D eigenvalue weighted by Crippen LogP contribution is 2.09. The summed E-state index contributed by atoms with van der Waals surface area (Å²) >= 11 is 22.5. The second-order valence-corrected chi connectivity index (χ2v) is 9.68. The zero-order valence-corrected chi connectivity index (χ0v) is 17.6. The Bertz CT molecular complexity index is 210. The number of allylic oxidation sites excluding steroid dienone is 2. The quantitative estimate of drug-likeness (QED) is 0.192. The monoisotopic (exact) mass is 396 g/mol. The molecule has 0 fully saturated rings. The average molecular weight is 398 g/mol. The summed E-state index contributed by atoms with van der Waals surface area (Å²) in [6, 6.07) is 2.17. The number of hydrogen-bond donors (Lipinski definition) is 0. The summed E-state index contributed by atoms with van der Waals surface area (Å²) in [5.74, 6) is 0. The largest absolute Gasteiger partial charge is 0.424 e. The van der Waals surface area contributed by atoms with Crippen LogP contribution in [0.3, 0.4) is 0 Å². The number of halogens is 4. The van der Waals surface area contributed by atoms with Gasteiger partial charge in [0.1, 0.15) is 9.67 Å². The van der Waals surface area contributed by atoms with E-state index in [-0.39, 0.29) is 9.67 Å². The van der Waals surface area contributed by atoms with Gasteiger partial charge in [0.2, 0.25) is 0 Å². The van der Waals surface area contributed by atoms with Crippen LogP contribution in [0.2, 0.25) is 12.1 Å². The zero-order chi connectivity index (χ0) is 15.1. The summed E-state index contributed by atoms with van der Waals surface area (Å²) in [6.07, 6.45) is 7.93. The summed E-state index contributed by atoms with van der Waals surface area (Å²) in [6.45, 7) is 1.58. The Morgan fingerprint density at radius 2 is 1.15 bits per heavy atom. The lowest BCUT2D eigenvalue weighted by Crippen LogP contribution is -2.01. The van der Waals surface area contributed by atoms with Gasteiger partial charge in [-0.3, -0.25) is 0 Å². The van der Waals surface area contributed by atoms with Gasteiger partial charge in [-0.05, 0) is 37.8 Å². The van der Waals surface area contributed by atoms with Crippen LogP contribution in [0.25, 0.3) is 0 Å². The lowest BCUT2D eigenvalue weighted by Gasteiger charge is -2.03. The first-order valence-corrected chi connectivity index (χ1v) is 11.9. The third kappa shape index (κ3) is 19.3. The lowest BCUT2D eigenvalue weighted by molar-refractivity contribution is 0.326. The van der Waals surface area contributed by atoms with E-state index in [1.807, 2.05) is 0 Å². The van der Waals surface area contributed by atoms with Crippen LogP contribution in [0.15, 0.2) is 12.2 Å². The SMILES string of the molecule is ClC(Cl)CCCO[SiH2]CC=CC[SiH2]OCCCC(Cl)Cl. The highest BCUT2D eigenvalue weighted by atomic mass is 35.5. The first-order valence-electron chi connectivity index (χ1n) is 6.99. The third-order valence-corrected chi connectivity index (χ3v) is 5.61. The van der Waals surface area contributed by atoms with Crippen LogP contribution in [-0.4, -0.2) is 42.4 Å². The summed E-state index contributed by atoms with van der Waals surface area (Å²) in [5.41, 5.74) is 0. The normalized spacial score (nSPS) is 13.3. The fourth-order valence-corrected chi connectivity index (χ4v) is 3.93. The van der Waals surface area contributed by atoms with Gasteiger partial charge in [-0.2, -0.15) is 0 Å². The number of rotatable bonds is 14. The van der Waals surface area contributed by atoms with E-state index in [1.54, 1.807) is 0 Å². The lowest BCUT2D eigenvalue weighted by atomic mass is 10.4. The molecule has 0 aliphatic carbocycles. The van der Waals surface area contributed by atoms with Crippen LogP contribution in [0, 0.1) is 0 Å². The first kappa shape index (κ1) is 21.3. The van der Waals surface area contributed by atoms with Crippen LogP contribution < -0.4 is 0 Å². The van der Waals surface area contributed by atoms with Gasteiger partial charge in [0.05, 0.1) is 0 Å². The molecule has 120 valence electrons. The van der Waals surface area contributed by atoms with E-state index in [0.29, 0.717) is 0 Å². The van der Waals surface area contributed by atoms with Crippen LogP contribution in [0.1, 0.15) is 25.7 Å². The Hall–Kier alpha value is 1.25. The molecule has 0 spiro atoms. The number of hydrogen-bond acceptors (Lipinski definition) is 2. The molecule has 8 heteroatoms. The van der Waals surface area contributed by atoms with Crippen molar-refractivity contribution in [2.75, 3.05) is 13.2 Å². The molecule has 0 aromatic rings. The molecule has 0 heterocycles. The maximum atomic E-state index is 5.62. The Morgan fingerprint density at radius 1 is 0.750 bits per heavy atom. The van der Waals surface area contributed by atoms with Gasteiger partial charge in [0, 0.05) is 13.2 Å². The van der Waals surface area contributed by atoms with Crippen LogP contribution in [-0.2, 0) is 8.85 Å². The van der Waals surface area contributed by atoms with Gasteiger partial charge in [0.25, 0.3) is 0 Å². The zero-order valence-electron chi connectivity index (χ0n) is 11.7. The van der Waals surface area contributed by atoms with Crippen molar-refractivity contribution in [2.45, 2.75) is 47.4 Å². The Balaban J connectivity index is 3.09. The molecule has 0 unspecified atom stereocenters. The average Bonchev–Trinajstić information content (AvgIpc) is 2.38. The Labute approximate surface area is 147 Å². The van der Waals surface area contributed by atoms with Crippen molar-refractivity contribution in [1.82, 2.24) is 0 Å². The highest BCUT2D eigenvalue weighted by molar-refractivity contribution is 6.44. The second-order valence-electron chi connectivity index (χ2n) is 4.34. The molecule has 0 saturated heterocycles. The molecule has 0 aromatic heterocycles. The molecular weight excluding hydrogens is 374 g/mol. The van der Waals surface area contributed by atoms with Gasteiger partial charge >= 0.3 is 0 Å². The van der Waals surface area contributed by atoms with Crippen molar-refractivity contribution >= 4 is 65.9 Å². The van der Waals surface area contributed by atoms with Crippen molar-refractivity contribution < 1.29 is 8.85 Å². The third-order valence-electron chi connectivity index (χ3n) is 2.45. The summed E-state index contributed by atoms with van der Waals surface area (Å²) in [7, 11) is -0.836. The van der Waals surface area contributed by atoms with Crippen molar-refractivity contribution in [3.8, 4) is 0 Å². The molecule has 0 aliphatic rings. The predicted octanol–water partition coefficient (Wildman–Crippen LogP) is 3.75. The maximum Gasteiger partial charge on any atom is 0.165 e. The second kappa shape index (κ2) is 16.6. The standard InChI is InChI=1S/C12H24Cl4O2Si2/c13-11(14)5-3-7-17-19-9-1-2-10-20-18-8-4-6-12(15)16/h1-2,11-12H,3-10,19-20H2. The van der Waals surface area contributed by atoms with E-state index in [4.69, 9.17) is 55.3 Å². The van der Waals surface area contributed by atoms with E-state index in [1.165, 1.54) is 0 Å². The first-order chi connectivity index (χ1) is 9.63. The summed E-state index contributed by atoms with van der Waals surface area (Å²) in [5, 5.41) is 0. The van der Waals surface area contributed by atoms with E-state index in [2.05, 4.69) is 12.2 Å². The smallest absolute Gasteiger partial charge is 0.165 e. The van der Waals surface area contributed by atoms with E-state index in [9.17, 15) is 0 Å². The summed E-state index contributed by atoms with van der Waals surface area (Å²) in [4.78, 5) is -0.519.